The smallest absolute Gasteiger partial charge is 0.227 e. The number of hydrogen-bond acceptors (Lipinski definition) is 3. The third-order valence-electron chi connectivity index (χ3n) is 5.18. The molecule has 2 N–H and O–H groups in total. The van der Waals surface area contributed by atoms with Crippen LogP contribution in [-0.4, -0.2) is 48.9 Å². The molecule has 5 nitrogen and oxygen atoms in total. The lowest BCUT2D eigenvalue weighted by Crippen LogP contribution is -2.43. The van der Waals surface area contributed by atoms with E-state index in [4.69, 9.17) is 0 Å². The Labute approximate surface area is 114 Å². The first-order valence-corrected chi connectivity index (χ1v) is 7.30. The Kier molecular flexibility index (Phi) is 3.04. The summed E-state index contributed by atoms with van der Waals surface area (Å²) in [7, 11) is 1.66. The van der Waals surface area contributed by atoms with Crippen molar-refractivity contribution in [3.8, 4) is 0 Å². The van der Waals surface area contributed by atoms with Crippen LogP contribution in [0.4, 0.5) is 0 Å². The second-order valence-electron chi connectivity index (χ2n) is 6.54. The molecule has 0 aromatic heterocycles. The molecule has 3 fully saturated rings. The Balaban J connectivity index is 1.65. The van der Waals surface area contributed by atoms with E-state index in [1.165, 1.54) is 6.42 Å². The van der Waals surface area contributed by atoms with Gasteiger partial charge in [-0.05, 0) is 32.6 Å². The van der Waals surface area contributed by atoms with Crippen LogP contribution < -0.4 is 10.6 Å². The molecular formula is C14H23N3O2. The van der Waals surface area contributed by atoms with Crippen LogP contribution in [0.3, 0.4) is 0 Å². The number of fused-ring (bicyclic) bond motifs is 2. The molecule has 0 aromatic rings. The summed E-state index contributed by atoms with van der Waals surface area (Å²) in [4.78, 5) is 26.4. The summed E-state index contributed by atoms with van der Waals surface area (Å²) < 4.78 is 0. The molecule has 4 unspecified atom stereocenters. The maximum atomic E-state index is 12.6. The van der Waals surface area contributed by atoms with E-state index in [1.807, 2.05) is 11.8 Å². The molecule has 3 aliphatic heterocycles. The van der Waals surface area contributed by atoms with Crippen LogP contribution in [0.2, 0.25) is 0 Å². The van der Waals surface area contributed by atoms with Gasteiger partial charge in [-0.2, -0.15) is 0 Å². The normalized spacial score (nSPS) is 40.7. The van der Waals surface area contributed by atoms with Crippen molar-refractivity contribution in [3.63, 3.8) is 0 Å². The van der Waals surface area contributed by atoms with Gasteiger partial charge in [-0.3, -0.25) is 9.59 Å². The Hall–Kier alpha value is -1.10. The third-order valence-corrected chi connectivity index (χ3v) is 5.18. The Bertz CT molecular complexity index is 411. The topological polar surface area (TPSA) is 61.4 Å². The van der Waals surface area contributed by atoms with Crippen LogP contribution in [0.1, 0.15) is 32.6 Å². The average Bonchev–Trinajstić information content (AvgIpc) is 3.11. The van der Waals surface area contributed by atoms with Crippen molar-refractivity contribution in [2.24, 2.45) is 11.3 Å². The standard InChI is InChI=1S/C14H23N3O2/c1-14(13(19)15-2)5-6-17(8-14)12(18)10-7-9-3-4-11(10)16-9/h9-11,16H,3-8H2,1-2H3,(H,15,19). The van der Waals surface area contributed by atoms with Crippen LogP contribution in [0.5, 0.6) is 0 Å². The summed E-state index contributed by atoms with van der Waals surface area (Å²) in [6, 6.07) is 0.927. The SMILES string of the molecule is CNC(=O)C1(C)CCN(C(=O)C2CC3CCC2N3)C1. The molecule has 3 saturated heterocycles. The van der Waals surface area contributed by atoms with E-state index in [0.717, 1.165) is 25.8 Å². The van der Waals surface area contributed by atoms with E-state index in [9.17, 15) is 9.59 Å². The van der Waals surface area contributed by atoms with Crippen molar-refractivity contribution in [2.45, 2.75) is 44.7 Å². The fraction of sp³-hybridized carbons (Fsp3) is 0.857. The van der Waals surface area contributed by atoms with E-state index >= 15 is 0 Å². The summed E-state index contributed by atoms with van der Waals surface area (Å²) in [6.45, 7) is 3.24. The monoisotopic (exact) mass is 265 g/mol. The molecule has 3 heterocycles. The number of hydrogen-bond donors (Lipinski definition) is 2. The maximum Gasteiger partial charge on any atom is 0.227 e. The molecule has 3 aliphatic rings. The molecule has 0 saturated carbocycles. The molecule has 0 spiro atoms. The van der Waals surface area contributed by atoms with E-state index in [0.29, 0.717) is 18.6 Å². The fourth-order valence-electron chi connectivity index (χ4n) is 3.97. The molecule has 0 aromatic carbocycles. The highest BCUT2D eigenvalue weighted by atomic mass is 16.2. The first-order chi connectivity index (χ1) is 9.03. The van der Waals surface area contributed by atoms with Gasteiger partial charge < -0.3 is 15.5 Å². The summed E-state index contributed by atoms with van der Waals surface area (Å²) in [5.41, 5.74) is -0.407. The highest BCUT2D eigenvalue weighted by Crippen LogP contribution is 2.37. The van der Waals surface area contributed by atoms with Crippen molar-refractivity contribution in [1.29, 1.82) is 0 Å². The Morgan fingerprint density at radius 2 is 2.16 bits per heavy atom. The summed E-state index contributed by atoms with van der Waals surface area (Å²) in [5, 5.41) is 6.22. The quantitative estimate of drug-likeness (QED) is 0.745. The van der Waals surface area contributed by atoms with Crippen molar-refractivity contribution >= 4 is 11.8 Å². The van der Waals surface area contributed by atoms with E-state index in [1.54, 1.807) is 7.05 Å². The molecule has 4 atom stereocenters. The van der Waals surface area contributed by atoms with Crippen molar-refractivity contribution < 1.29 is 9.59 Å². The number of carbonyl (C=O) groups excluding carboxylic acids is 2. The van der Waals surface area contributed by atoms with Gasteiger partial charge in [0.15, 0.2) is 0 Å². The number of rotatable bonds is 2. The minimum absolute atomic E-state index is 0.0499. The molecule has 0 aliphatic carbocycles. The van der Waals surface area contributed by atoms with Gasteiger partial charge in [0.1, 0.15) is 0 Å². The molecule has 2 amide bonds. The van der Waals surface area contributed by atoms with E-state index < -0.39 is 5.41 Å². The molecule has 106 valence electrons. The number of amides is 2. The number of nitrogens with zero attached hydrogens (tertiary/aromatic N) is 1. The highest BCUT2D eigenvalue weighted by Gasteiger charge is 2.48. The van der Waals surface area contributed by atoms with Crippen molar-refractivity contribution in [1.82, 2.24) is 15.5 Å². The van der Waals surface area contributed by atoms with Gasteiger partial charge in [-0.1, -0.05) is 0 Å². The van der Waals surface area contributed by atoms with E-state index in [2.05, 4.69) is 10.6 Å². The third kappa shape index (κ3) is 2.04. The van der Waals surface area contributed by atoms with Crippen molar-refractivity contribution in [2.75, 3.05) is 20.1 Å². The van der Waals surface area contributed by atoms with Gasteiger partial charge in [0, 0.05) is 32.2 Å². The fourth-order valence-corrected chi connectivity index (χ4v) is 3.97. The zero-order valence-corrected chi connectivity index (χ0v) is 11.7. The zero-order valence-electron chi connectivity index (χ0n) is 11.7. The number of likely N-dealkylation sites (tertiary alicyclic amines) is 1. The molecule has 5 heteroatoms. The first-order valence-electron chi connectivity index (χ1n) is 7.30. The van der Waals surface area contributed by atoms with Crippen LogP contribution >= 0.6 is 0 Å². The molecular weight excluding hydrogens is 242 g/mol. The summed E-state index contributed by atoms with van der Waals surface area (Å²) in [6.07, 6.45) is 4.09. The van der Waals surface area contributed by atoms with Crippen LogP contribution in [0.15, 0.2) is 0 Å². The lowest BCUT2D eigenvalue weighted by Gasteiger charge is -2.27. The van der Waals surface area contributed by atoms with Gasteiger partial charge in [0.25, 0.3) is 0 Å². The minimum Gasteiger partial charge on any atom is -0.359 e. The van der Waals surface area contributed by atoms with Crippen LogP contribution in [-0.2, 0) is 9.59 Å². The van der Waals surface area contributed by atoms with Crippen LogP contribution in [0.25, 0.3) is 0 Å². The summed E-state index contributed by atoms with van der Waals surface area (Å²) >= 11 is 0. The van der Waals surface area contributed by atoms with Gasteiger partial charge in [-0.15, -0.1) is 0 Å². The number of nitrogens with one attached hydrogen (secondary N) is 2. The maximum absolute atomic E-state index is 12.6. The minimum atomic E-state index is -0.407. The lowest BCUT2D eigenvalue weighted by atomic mass is 9.87. The molecule has 3 rings (SSSR count). The highest BCUT2D eigenvalue weighted by molar-refractivity contribution is 5.86. The average molecular weight is 265 g/mol. The predicted octanol–water partition coefficient (Wildman–Crippen LogP) is 0.112. The van der Waals surface area contributed by atoms with Gasteiger partial charge in [0.05, 0.1) is 11.3 Å². The molecule has 2 bridgehead atoms. The summed E-state index contributed by atoms with van der Waals surface area (Å²) in [5.74, 6) is 0.451. The Morgan fingerprint density at radius 3 is 2.74 bits per heavy atom. The second kappa shape index (κ2) is 4.47. The lowest BCUT2D eigenvalue weighted by molar-refractivity contribution is -0.136. The largest absolute Gasteiger partial charge is 0.359 e. The predicted molar refractivity (Wildman–Crippen MR) is 71.4 cm³/mol. The van der Waals surface area contributed by atoms with Crippen LogP contribution in [0, 0.1) is 11.3 Å². The second-order valence-corrected chi connectivity index (χ2v) is 6.54. The number of carbonyl (C=O) groups is 2. The van der Waals surface area contributed by atoms with Gasteiger partial charge in [0.2, 0.25) is 11.8 Å². The first kappa shape index (κ1) is 12.9. The Morgan fingerprint density at radius 1 is 1.37 bits per heavy atom. The zero-order chi connectivity index (χ0) is 13.6. The van der Waals surface area contributed by atoms with Gasteiger partial charge in [-0.25, -0.2) is 0 Å². The van der Waals surface area contributed by atoms with E-state index in [-0.39, 0.29) is 17.7 Å². The van der Waals surface area contributed by atoms with Gasteiger partial charge >= 0.3 is 0 Å². The molecule has 0 radical (unpaired) electrons. The van der Waals surface area contributed by atoms with Crippen molar-refractivity contribution in [3.05, 3.63) is 0 Å². The molecule has 19 heavy (non-hydrogen) atoms.